The molecule has 0 spiro atoms. The number of carboxylic acids is 1. The smallest absolute Gasteiger partial charge is 0.357 e. The van der Waals surface area contributed by atoms with Crippen LogP contribution in [0.2, 0.25) is 0 Å². The minimum absolute atomic E-state index is 0.0360. The van der Waals surface area contributed by atoms with Crippen molar-refractivity contribution in [3.05, 3.63) is 41.5 Å². The van der Waals surface area contributed by atoms with Crippen LogP contribution in [0.25, 0.3) is 16.7 Å². The maximum absolute atomic E-state index is 12.1. The van der Waals surface area contributed by atoms with E-state index in [1.165, 1.54) is 36.3 Å². The number of carbonyl (C=O) groups is 2. The van der Waals surface area contributed by atoms with Crippen LogP contribution < -0.4 is 5.73 Å². The number of carboxylic acid groups (broad SMARTS) is 1. The molecule has 0 saturated heterocycles. The van der Waals surface area contributed by atoms with Crippen molar-refractivity contribution < 1.29 is 19.4 Å². The van der Waals surface area contributed by atoms with Crippen LogP contribution in [0.15, 0.2) is 24.7 Å². The number of H-pyrrole nitrogens is 1. The number of nitrogen functional groups attached to an aromatic ring is 1. The number of esters is 1. The third kappa shape index (κ3) is 2.14. The van der Waals surface area contributed by atoms with Crippen molar-refractivity contribution in [2.75, 3.05) is 12.8 Å². The number of nitrogens with two attached hydrogens (primary N) is 1. The molecule has 0 aliphatic heterocycles. The van der Waals surface area contributed by atoms with Gasteiger partial charge in [-0.3, -0.25) is 0 Å². The van der Waals surface area contributed by atoms with Crippen LogP contribution in [0.5, 0.6) is 0 Å². The first-order valence-corrected chi connectivity index (χ1v) is 6.68. The quantitative estimate of drug-likeness (QED) is 0.614. The number of aromatic carboxylic acids is 1. The number of fused-ring (bicyclic) bond motifs is 1. The number of nitrogens with zero attached hydrogens (tertiary/aromatic N) is 3. The monoisotopic (exact) mass is 325 g/mol. The largest absolute Gasteiger partial charge is 0.478 e. The zero-order valence-electron chi connectivity index (χ0n) is 12.4. The topological polar surface area (TPSA) is 147 Å². The second kappa shape index (κ2) is 5.44. The predicted octanol–water partition coefficient (Wildman–Crippen LogP) is 1.29. The van der Waals surface area contributed by atoms with Gasteiger partial charge in [0.05, 0.1) is 47.0 Å². The van der Waals surface area contributed by atoms with E-state index in [2.05, 4.69) is 9.97 Å². The molecule has 2 aromatic heterocycles. The SMILES string of the molecule is COC(=O)c1c(N)c(C#N)cn1-c1cc2nc[nH]c2cc1C(=O)O. The number of aromatic nitrogens is 3. The highest BCUT2D eigenvalue weighted by atomic mass is 16.5. The van der Waals surface area contributed by atoms with Gasteiger partial charge >= 0.3 is 11.9 Å². The minimum Gasteiger partial charge on any atom is -0.478 e. The molecule has 0 atom stereocenters. The number of anilines is 1. The summed E-state index contributed by atoms with van der Waals surface area (Å²) in [6.07, 6.45) is 2.72. The van der Waals surface area contributed by atoms with Gasteiger partial charge in [0.1, 0.15) is 6.07 Å². The van der Waals surface area contributed by atoms with Crippen LogP contribution in [0.1, 0.15) is 26.4 Å². The number of imidazole rings is 1. The van der Waals surface area contributed by atoms with Gasteiger partial charge in [-0.15, -0.1) is 0 Å². The number of ether oxygens (including phenoxy) is 1. The number of hydrogen-bond acceptors (Lipinski definition) is 6. The lowest BCUT2D eigenvalue weighted by Crippen LogP contribution is -2.13. The molecule has 9 nitrogen and oxygen atoms in total. The van der Waals surface area contributed by atoms with Gasteiger partial charge in [-0.2, -0.15) is 5.26 Å². The Labute approximate surface area is 134 Å². The summed E-state index contributed by atoms with van der Waals surface area (Å²) in [5, 5.41) is 18.6. The molecule has 9 heteroatoms. The van der Waals surface area contributed by atoms with E-state index in [0.717, 1.165) is 0 Å². The summed E-state index contributed by atoms with van der Waals surface area (Å²) >= 11 is 0. The van der Waals surface area contributed by atoms with Gasteiger partial charge in [-0.1, -0.05) is 0 Å². The summed E-state index contributed by atoms with van der Waals surface area (Å²) in [6.45, 7) is 0. The number of hydrogen-bond donors (Lipinski definition) is 3. The average molecular weight is 325 g/mol. The van der Waals surface area contributed by atoms with Crippen molar-refractivity contribution in [1.29, 1.82) is 5.26 Å². The lowest BCUT2D eigenvalue weighted by atomic mass is 10.1. The van der Waals surface area contributed by atoms with E-state index in [1.807, 2.05) is 6.07 Å². The first kappa shape index (κ1) is 15.1. The Balaban J connectivity index is 2.39. The zero-order chi connectivity index (χ0) is 17.4. The summed E-state index contributed by atoms with van der Waals surface area (Å²) in [6, 6.07) is 4.74. The Morgan fingerprint density at radius 3 is 2.83 bits per heavy atom. The van der Waals surface area contributed by atoms with E-state index in [-0.39, 0.29) is 28.2 Å². The van der Waals surface area contributed by atoms with Crippen LogP contribution in [0.4, 0.5) is 5.69 Å². The van der Waals surface area contributed by atoms with E-state index >= 15 is 0 Å². The van der Waals surface area contributed by atoms with Gasteiger partial charge in [0, 0.05) is 6.20 Å². The summed E-state index contributed by atoms with van der Waals surface area (Å²) in [7, 11) is 1.17. The number of nitrogens with one attached hydrogen (secondary N) is 1. The molecule has 0 unspecified atom stereocenters. The second-order valence-electron chi connectivity index (χ2n) is 4.87. The first-order valence-electron chi connectivity index (χ1n) is 6.68. The molecule has 0 fully saturated rings. The van der Waals surface area contributed by atoms with E-state index < -0.39 is 11.9 Å². The molecular weight excluding hydrogens is 314 g/mol. The summed E-state index contributed by atoms with van der Waals surface area (Å²) in [4.78, 5) is 30.6. The van der Waals surface area contributed by atoms with Gasteiger partial charge in [-0.05, 0) is 12.1 Å². The van der Waals surface area contributed by atoms with Crippen LogP contribution in [-0.2, 0) is 4.74 Å². The Morgan fingerprint density at radius 1 is 1.46 bits per heavy atom. The molecule has 3 rings (SSSR count). The standard InChI is InChI=1S/C15H11N5O4/c1-24-15(23)13-12(17)7(4-16)5-20(13)11-3-10-9(18-6-19-10)2-8(11)14(21)22/h2-3,5-6H,17H2,1H3,(H,18,19)(H,21,22). The average Bonchev–Trinajstić information content (AvgIpc) is 3.16. The third-order valence-electron chi connectivity index (χ3n) is 3.57. The van der Waals surface area contributed by atoms with Gasteiger partial charge in [-0.25, -0.2) is 14.6 Å². The molecule has 3 aromatic rings. The Hall–Kier alpha value is -3.80. The van der Waals surface area contributed by atoms with E-state index in [0.29, 0.717) is 11.0 Å². The number of aromatic amines is 1. The Morgan fingerprint density at radius 2 is 2.21 bits per heavy atom. The van der Waals surface area contributed by atoms with Crippen molar-refractivity contribution in [2.24, 2.45) is 0 Å². The lowest BCUT2D eigenvalue weighted by Gasteiger charge is -2.11. The van der Waals surface area contributed by atoms with Crippen LogP contribution in [0, 0.1) is 11.3 Å². The summed E-state index contributed by atoms with van der Waals surface area (Å²) < 4.78 is 5.92. The van der Waals surface area contributed by atoms with Gasteiger partial charge < -0.3 is 25.1 Å². The molecule has 0 bridgehead atoms. The Bertz CT molecular complexity index is 1020. The maximum atomic E-state index is 12.1. The van der Waals surface area contributed by atoms with Crippen LogP contribution in [0.3, 0.4) is 0 Å². The molecule has 4 N–H and O–H groups in total. The molecule has 2 heterocycles. The molecule has 1 aromatic carbocycles. The van der Waals surface area contributed by atoms with E-state index in [1.54, 1.807) is 0 Å². The molecule has 0 aliphatic rings. The van der Waals surface area contributed by atoms with Crippen LogP contribution >= 0.6 is 0 Å². The molecule has 0 aliphatic carbocycles. The molecule has 0 amide bonds. The summed E-state index contributed by atoms with van der Waals surface area (Å²) in [5.41, 5.74) is 6.75. The lowest BCUT2D eigenvalue weighted by molar-refractivity contribution is 0.0591. The number of methoxy groups -OCH3 is 1. The number of benzene rings is 1. The number of carbonyl (C=O) groups excluding carboxylic acids is 1. The van der Waals surface area contributed by atoms with Gasteiger partial charge in [0.25, 0.3) is 0 Å². The fourth-order valence-corrected chi connectivity index (χ4v) is 2.45. The molecule has 24 heavy (non-hydrogen) atoms. The van der Waals surface area contributed by atoms with Gasteiger partial charge in [0.15, 0.2) is 5.69 Å². The normalized spacial score (nSPS) is 10.5. The highest BCUT2D eigenvalue weighted by Crippen LogP contribution is 2.28. The van der Waals surface area contributed by atoms with Gasteiger partial charge in [0.2, 0.25) is 0 Å². The third-order valence-corrected chi connectivity index (χ3v) is 3.57. The minimum atomic E-state index is -1.21. The molecule has 0 saturated carbocycles. The van der Waals surface area contributed by atoms with Crippen molar-refractivity contribution in [1.82, 2.24) is 14.5 Å². The predicted molar refractivity (Wildman–Crippen MR) is 82.8 cm³/mol. The first-order chi connectivity index (χ1) is 11.5. The molecule has 120 valence electrons. The van der Waals surface area contributed by atoms with Crippen molar-refractivity contribution in [3.8, 4) is 11.8 Å². The van der Waals surface area contributed by atoms with E-state index in [4.69, 9.17) is 15.7 Å². The Kier molecular flexibility index (Phi) is 3.42. The second-order valence-corrected chi connectivity index (χ2v) is 4.87. The maximum Gasteiger partial charge on any atom is 0.357 e. The highest BCUT2D eigenvalue weighted by molar-refractivity contribution is 6.00. The number of rotatable bonds is 3. The molecular formula is C15H11N5O4. The fourth-order valence-electron chi connectivity index (χ4n) is 2.45. The summed E-state index contributed by atoms with van der Waals surface area (Å²) in [5.74, 6) is -1.99. The van der Waals surface area contributed by atoms with Crippen molar-refractivity contribution in [3.63, 3.8) is 0 Å². The van der Waals surface area contributed by atoms with Crippen molar-refractivity contribution >= 4 is 28.7 Å². The molecule has 0 radical (unpaired) electrons. The van der Waals surface area contributed by atoms with Crippen molar-refractivity contribution in [2.45, 2.75) is 0 Å². The van der Waals surface area contributed by atoms with Crippen LogP contribution in [-0.4, -0.2) is 38.7 Å². The van der Waals surface area contributed by atoms with E-state index in [9.17, 15) is 14.7 Å². The zero-order valence-corrected chi connectivity index (χ0v) is 12.4. The highest BCUT2D eigenvalue weighted by Gasteiger charge is 2.25. The number of nitriles is 1. The fraction of sp³-hybridized carbons (Fsp3) is 0.0667.